The fourth-order valence-corrected chi connectivity index (χ4v) is 4.28. The Kier molecular flexibility index (Phi) is 4.46. The van der Waals surface area contributed by atoms with Crippen LogP contribution in [0.1, 0.15) is 18.9 Å². The minimum atomic E-state index is 0.369. The molecule has 0 fully saturated rings. The second kappa shape index (κ2) is 6.89. The van der Waals surface area contributed by atoms with Gasteiger partial charge in [-0.05, 0) is 26.0 Å². The Hall–Kier alpha value is -2.32. The third-order valence-corrected chi connectivity index (χ3v) is 5.71. The lowest BCUT2D eigenvalue weighted by molar-refractivity contribution is 0.669. The average molecular weight is 371 g/mol. The van der Waals surface area contributed by atoms with Crippen LogP contribution in [0.5, 0.6) is 0 Å². The summed E-state index contributed by atoms with van der Waals surface area (Å²) in [4.78, 5) is 16.4. The molecule has 0 atom stereocenters. The highest BCUT2D eigenvalue weighted by Crippen LogP contribution is 2.27. The van der Waals surface area contributed by atoms with Gasteiger partial charge in [0.05, 0.1) is 16.9 Å². The number of nitrogens with zero attached hydrogens (tertiary/aromatic N) is 6. The van der Waals surface area contributed by atoms with E-state index in [0.29, 0.717) is 6.04 Å². The van der Waals surface area contributed by atoms with Crippen molar-refractivity contribution in [3.05, 3.63) is 47.3 Å². The Morgan fingerprint density at radius 1 is 1.28 bits per heavy atom. The lowest BCUT2D eigenvalue weighted by Gasteiger charge is -2.25. The molecule has 0 radical (unpaired) electrons. The van der Waals surface area contributed by atoms with Gasteiger partial charge in [-0.3, -0.25) is 4.98 Å². The number of aromatic nitrogens is 5. The number of hydrogen-bond acceptors (Lipinski definition) is 7. The molecule has 0 amide bonds. The molecular weight excluding hydrogens is 352 g/mol. The molecule has 4 aromatic rings. The monoisotopic (exact) mass is 370 g/mol. The van der Waals surface area contributed by atoms with Gasteiger partial charge in [0.2, 0.25) is 10.1 Å². The first-order valence-electron chi connectivity index (χ1n) is 8.12. The molecule has 4 rings (SSSR count). The van der Waals surface area contributed by atoms with E-state index in [1.54, 1.807) is 28.9 Å². The summed E-state index contributed by atoms with van der Waals surface area (Å²) in [5.74, 6) is 0. The van der Waals surface area contributed by atoms with Gasteiger partial charge in [0.25, 0.3) is 0 Å². The van der Waals surface area contributed by atoms with E-state index < -0.39 is 0 Å². The molecule has 0 aromatic carbocycles. The van der Waals surface area contributed by atoms with E-state index in [1.165, 1.54) is 0 Å². The molecule has 0 saturated heterocycles. The zero-order chi connectivity index (χ0) is 17.2. The van der Waals surface area contributed by atoms with Crippen molar-refractivity contribution in [3.8, 4) is 11.3 Å². The summed E-state index contributed by atoms with van der Waals surface area (Å²) in [5, 5.41) is 8.91. The first-order chi connectivity index (χ1) is 12.2. The summed E-state index contributed by atoms with van der Waals surface area (Å²) in [7, 11) is 0. The smallest absolute Gasteiger partial charge is 0.214 e. The average Bonchev–Trinajstić information content (AvgIpc) is 3.31. The van der Waals surface area contributed by atoms with E-state index in [1.807, 2.05) is 40.6 Å². The van der Waals surface area contributed by atoms with Gasteiger partial charge in [-0.15, -0.1) is 16.4 Å². The van der Waals surface area contributed by atoms with Gasteiger partial charge in [0, 0.05) is 48.5 Å². The van der Waals surface area contributed by atoms with Crippen molar-refractivity contribution in [3.63, 3.8) is 0 Å². The van der Waals surface area contributed by atoms with E-state index in [0.717, 1.165) is 39.3 Å². The van der Waals surface area contributed by atoms with Crippen LogP contribution in [-0.2, 0) is 6.42 Å². The topological polar surface area (TPSA) is 59.2 Å². The van der Waals surface area contributed by atoms with Gasteiger partial charge >= 0.3 is 0 Å². The maximum Gasteiger partial charge on any atom is 0.214 e. The van der Waals surface area contributed by atoms with E-state index >= 15 is 0 Å². The van der Waals surface area contributed by atoms with Crippen LogP contribution in [0.15, 0.2) is 42.3 Å². The summed E-state index contributed by atoms with van der Waals surface area (Å²) in [6, 6.07) is 4.30. The molecule has 4 heterocycles. The minimum absolute atomic E-state index is 0.369. The molecule has 0 saturated carbocycles. The maximum absolute atomic E-state index is 4.74. The fourth-order valence-electron chi connectivity index (χ4n) is 2.63. The molecule has 0 aliphatic carbocycles. The Balaban J connectivity index is 1.57. The van der Waals surface area contributed by atoms with Crippen LogP contribution >= 0.6 is 22.7 Å². The van der Waals surface area contributed by atoms with Crippen LogP contribution in [0.2, 0.25) is 0 Å². The van der Waals surface area contributed by atoms with Gasteiger partial charge in [-0.1, -0.05) is 11.3 Å². The predicted octanol–water partition coefficient (Wildman–Crippen LogP) is 3.77. The van der Waals surface area contributed by atoms with Crippen LogP contribution in [0, 0.1) is 0 Å². The highest BCUT2D eigenvalue weighted by atomic mass is 32.1. The van der Waals surface area contributed by atoms with Gasteiger partial charge < -0.3 is 4.90 Å². The summed E-state index contributed by atoms with van der Waals surface area (Å²) >= 11 is 3.32. The number of imidazole rings is 1. The van der Waals surface area contributed by atoms with Crippen LogP contribution in [0.25, 0.3) is 16.2 Å². The lowest BCUT2D eigenvalue weighted by atomic mass is 10.2. The molecule has 0 N–H and O–H groups in total. The minimum Gasteiger partial charge on any atom is -0.344 e. The summed E-state index contributed by atoms with van der Waals surface area (Å²) in [6.45, 7) is 5.28. The van der Waals surface area contributed by atoms with Gasteiger partial charge in [-0.2, -0.15) is 0 Å². The second-order valence-electron chi connectivity index (χ2n) is 5.94. The van der Waals surface area contributed by atoms with E-state index in [4.69, 9.17) is 10.1 Å². The summed E-state index contributed by atoms with van der Waals surface area (Å²) in [5.41, 5.74) is 1.91. The van der Waals surface area contributed by atoms with Crippen molar-refractivity contribution in [2.75, 3.05) is 11.4 Å². The van der Waals surface area contributed by atoms with Crippen molar-refractivity contribution in [2.24, 2.45) is 0 Å². The Bertz CT molecular complexity index is 911. The fraction of sp³-hybridized carbons (Fsp3) is 0.294. The molecular formula is C17H18N6S2. The second-order valence-corrected chi connectivity index (χ2v) is 7.86. The maximum atomic E-state index is 4.74. The van der Waals surface area contributed by atoms with E-state index in [-0.39, 0.29) is 0 Å². The number of hydrogen-bond donors (Lipinski definition) is 0. The third-order valence-electron chi connectivity index (χ3n) is 3.91. The Labute approximate surface area is 153 Å². The molecule has 0 unspecified atom stereocenters. The van der Waals surface area contributed by atoms with Crippen molar-refractivity contribution in [2.45, 2.75) is 26.3 Å². The third kappa shape index (κ3) is 3.40. The predicted molar refractivity (Wildman–Crippen MR) is 102 cm³/mol. The first-order valence-corrected chi connectivity index (χ1v) is 9.82. The van der Waals surface area contributed by atoms with Crippen molar-refractivity contribution in [1.82, 2.24) is 24.6 Å². The number of thiazole rings is 1. The van der Waals surface area contributed by atoms with Gasteiger partial charge in [-0.25, -0.2) is 14.5 Å². The molecule has 6 nitrogen and oxygen atoms in total. The molecule has 128 valence electrons. The zero-order valence-electron chi connectivity index (χ0n) is 14.0. The molecule has 0 aliphatic rings. The quantitative estimate of drug-likeness (QED) is 0.517. The lowest BCUT2D eigenvalue weighted by Crippen LogP contribution is -2.32. The molecule has 0 aliphatic heterocycles. The molecule has 8 heteroatoms. The van der Waals surface area contributed by atoms with Crippen LogP contribution in [0.4, 0.5) is 5.13 Å². The van der Waals surface area contributed by atoms with Crippen LogP contribution in [-0.4, -0.2) is 37.2 Å². The Morgan fingerprint density at radius 2 is 2.20 bits per heavy atom. The molecule has 4 aromatic heterocycles. The SMILES string of the molecule is CC(C)N(CCc1nccs1)c1nn2cc(-c3cccnc3)nc2s1. The molecule has 0 spiro atoms. The first kappa shape index (κ1) is 16.2. The number of pyridine rings is 1. The highest BCUT2D eigenvalue weighted by Gasteiger charge is 2.18. The number of rotatable bonds is 6. The van der Waals surface area contributed by atoms with E-state index in [2.05, 4.69) is 28.7 Å². The standard InChI is InChI=1S/C17H18N6S2/c1-12(2)22(8-5-15-19-7-9-24-15)17-21-23-11-14(20-16(23)25-17)13-4-3-6-18-10-13/h3-4,6-7,9-12H,5,8H2,1-2H3. The van der Waals surface area contributed by atoms with Crippen molar-refractivity contribution < 1.29 is 0 Å². The number of anilines is 1. The van der Waals surface area contributed by atoms with Gasteiger partial charge in [0.1, 0.15) is 0 Å². The van der Waals surface area contributed by atoms with Gasteiger partial charge in [0.15, 0.2) is 0 Å². The summed E-state index contributed by atoms with van der Waals surface area (Å²) in [6.07, 6.45) is 8.34. The van der Waals surface area contributed by atoms with Crippen LogP contribution in [0.3, 0.4) is 0 Å². The largest absolute Gasteiger partial charge is 0.344 e. The Morgan fingerprint density at radius 3 is 2.88 bits per heavy atom. The molecule has 25 heavy (non-hydrogen) atoms. The molecule has 0 bridgehead atoms. The highest BCUT2D eigenvalue weighted by molar-refractivity contribution is 7.20. The van der Waals surface area contributed by atoms with Crippen LogP contribution < -0.4 is 4.90 Å². The normalized spacial score (nSPS) is 11.5. The number of fused-ring (bicyclic) bond motifs is 1. The summed E-state index contributed by atoms with van der Waals surface area (Å²) < 4.78 is 1.86. The van der Waals surface area contributed by atoms with E-state index in [9.17, 15) is 0 Å². The van der Waals surface area contributed by atoms with Crippen molar-refractivity contribution >= 4 is 32.8 Å². The zero-order valence-corrected chi connectivity index (χ0v) is 15.7. The van der Waals surface area contributed by atoms with Crippen molar-refractivity contribution in [1.29, 1.82) is 0 Å².